The van der Waals surface area contributed by atoms with Gasteiger partial charge in [-0.15, -0.1) is 0 Å². The van der Waals surface area contributed by atoms with Gasteiger partial charge in [-0.25, -0.2) is 29.6 Å². The molecule has 146 valence electrons. The number of hydrogen-bond donors (Lipinski definition) is 0. The maximum Gasteiger partial charge on any atom is 0.359 e. The van der Waals surface area contributed by atoms with Crippen LogP contribution in [0.25, 0.3) is 0 Å². The molecular weight excluding hydrogens is 364 g/mol. The minimum Gasteiger partial charge on any atom is -0.244 e. The molecule has 29 heavy (non-hydrogen) atoms. The van der Waals surface area contributed by atoms with Crippen molar-refractivity contribution in [3.8, 4) is 0 Å². The first kappa shape index (κ1) is 17.6. The van der Waals surface area contributed by atoms with E-state index >= 15 is 0 Å². The van der Waals surface area contributed by atoms with Gasteiger partial charge in [0.25, 0.3) is 0 Å². The van der Waals surface area contributed by atoms with E-state index in [4.69, 9.17) is 0 Å². The van der Waals surface area contributed by atoms with Crippen LogP contribution in [0.3, 0.4) is 0 Å². The number of nitrogens with zero attached hydrogens (tertiary/aromatic N) is 4. The Labute approximate surface area is 169 Å². The Hall–Kier alpha value is -3.54. The van der Waals surface area contributed by atoms with Crippen molar-refractivity contribution in [3.05, 3.63) is 95.6 Å². The van der Waals surface area contributed by atoms with E-state index in [-0.39, 0.29) is 24.1 Å². The first-order valence-electron chi connectivity index (χ1n) is 9.79. The van der Waals surface area contributed by atoms with Crippen LogP contribution in [0.2, 0.25) is 0 Å². The van der Waals surface area contributed by atoms with Crippen molar-refractivity contribution < 1.29 is 9.59 Å². The number of amides is 4. The molecule has 6 heteroatoms. The molecule has 2 bridgehead atoms. The van der Waals surface area contributed by atoms with Crippen molar-refractivity contribution in [1.82, 2.24) is 20.0 Å². The molecule has 2 atom stereocenters. The van der Waals surface area contributed by atoms with E-state index in [9.17, 15) is 9.59 Å². The second-order valence-electron chi connectivity index (χ2n) is 7.57. The van der Waals surface area contributed by atoms with Gasteiger partial charge in [-0.05, 0) is 23.6 Å². The van der Waals surface area contributed by atoms with Gasteiger partial charge in [-0.3, -0.25) is 0 Å². The van der Waals surface area contributed by atoms with Crippen LogP contribution in [0.5, 0.6) is 0 Å². The van der Waals surface area contributed by atoms with E-state index in [1.165, 1.54) is 0 Å². The molecule has 0 radical (unpaired) electrons. The SMILES string of the molecule is CC1=CC2C=CC1N1C(=O)N(Cc3ccccc3)N(Cc3ccccc3)C(=O)N21. The minimum absolute atomic E-state index is 0.184. The highest BCUT2D eigenvalue weighted by molar-refractivity contribution is 5.88. The summed E-state index contributed by atoms with van der Waals surface area (Å²) in [6.45, 7) is 2.69. The topological polar surface area (TPSA) is 47.1 Å². The van der Waals surface area contributed by atoms with E-state index in [1.54, 1.807) is 20.0 Å². The van der Waals surface area contributed by atoms with Crippen LogP contribution >= 0.6 is 0 Å². The molecule has 1 aliphatic carbocycles. The maximum absolute atomic E-state index is 13.6. The molecule has 0 aromatic heterocycles. The highest BCUT2D eigenvalue weighted by Gasteiger charge is 2.50. The molecular formula is C23H22N4O2. The molecule has 2 aromatic carbocycles. The number of urea groups is 2. The largest absolute Gasteiger partial charge is 0.359 e. The summed E-state index contributed by atoms with van der Waals surface area (Å²) in [5, 5.41) is 6.33. The summed E-state index contributed by atoms with van der Waals surface area (Å²) < 4.78 is 0. The molecule has 4 aliphatic rings. The lowest BCUT2D eigenvalue weighted by molar-refractivity contribution is -0.103. The van der Waals surface area contributed by atoms with Crippen LogP contribution in [0.4, 0.5) is 9.59 Å². The molecule has 0 spiro atoms. The Balaban J connectivity index is 1.54. The zero-order chi connectivity index (χ0) is 20.0. The van der Waals surface area contributed by atoms with Crippen molar-refractivity contribution in [2.75, 3.05) is 0 Å². The highest BCUT2D eigenvalue weighted by atomic mass is 16.2. The Kier molecular flexibility index (Phi) is 4.12. The van der Waals surface area contributed by atoms with Crippen LogP contribution in [0, 0.1) is 0 Å². The van der Waals surface area contributed by atoms with Gasteiger partial charge in [0.1, 0.15) is 0 Å². The number of benzene rings is 2. The van der Waals surface area contributed by atoms with Gasteiger partial charge in [-0.2, -0.15) is 0 Å². The molecule has 0 N–H and O–H groups in total. The average Bonchev–Trinajstić information content (AvgIpc) is 2.75. The Morgan fingerprint density at radius 3 is 1.76 bits per heavy atom. The third-order valence-electron chi connectivity index (χ3n) is 5.64. The second kappa shape index (κ2) is 6.81. The van der Waals surface area contributed by atoms with Crippen LogP contribution in [0.15, 0.2) is 84.5 Å². The summed E-state index contributed by atoms with van der Waals surface area (Å²) >= 11 is 0. The van der Waals surface area contributed by atoms with Crippen LogP contribution in [0.1, 0.15) is 18.1 Å². The van der Waals surface area contributed by atoms with Crippen molar-refractivity contribution in [3.63, 3.8) is 0 Å². The van der Waals surface area contributed by atoms with Crippen LogP contribution in [-0.4, -0.2) is 44.2 Å². The molecule has 6 rings (SSSR count). The molecule has 3 heterocycles. The first-order chi connectivity index (χ1) is 14.1. The third kappa shape index (κ3) is 2.88. The minimum atomic E-state index is -0.228. The number of hydrogen-bond acceptors (Lipinski definition) is 2. The summed E-state index contributed by atoms with van der Waals surface area (Å²) in [6.07, 6.45) is 6.06. The van der Waals surface area contributed by atoms with Gasteiger partial charge in [0, 0.05) is 0 Å². The van der Waals surface area contributed by atoms with Gasteiger partial charge in [0.15, 0.2) is 0 Å². The Morgan fingerprint density at radius 1 is 0.724 bits per heavy atom. The quantitative estimate of drug-likeness (QED) is 0.747. The Morgan fingerprint density at radius 2 is 1.24 bits per heavy atom. The van der Waals surface area contributed by atoms with Gasteiger partial charge in [0.2, 0.25) is 0 Å². The summed E-state index contributed by atoms with van der Waals surface area (Å²) in [6, 6.07) is 18.7. The normalized spacial score (nSPS) is 22.9. The fraction of sp³-hybridized carbons (Fsp3) is 0.217. The summed E-state index contributed by atoms with van der Waals surface area (Å²) in [4.78, 5) is 27.2. The van der Waals surface area contributed by atoms with Crippen LogP contribution in [-0.2, 0) is 13.1 Å². The van der Waals surface area contributed by atoms with E-state index in [0.29, 0.717) is 13.1 Å². The second-order valence-corrected chi connectivity index (χ2v) is 7.57. The lowest BCUT2D eigenvalue weighted by Crippen LogP contribution is -2.73. The zero-order valence-electron chi connectivity index (χ0n) is 16.2. The van der Waals surface area contributed by atoms with Gasteiger partial charge in [0.05, 0.1) is 25.2 Å². The monoisotopic (exact) mass is 386 g/mol. The molecule has 4 amide bonds. The van der Waals surface area contributed by atoms with E-state index in [2.05, 4.69) is 6.08 Å². The maximum atomic E-state index is 13.6. The first-order valence-corrected chi connectivity index (χ1v) is 9.79. The number of carbonyl (C=O) groups is 2. The third-order valence-corrected chi connectivity index (χ3v) is 5.64. The van der Waals surface area contributed by atoms with E-state index in [0.717, 1.165) is 16.7 Å². The smallest absolute Gasteiger partial charge is 0.244 e. The molecule has 2 unspecified atom stereocenters. The fourth-order valence-corrected chi connectivity index (χ4v) is 4.19. The zero-order valence-corrected chi connectivity index (χ0v) is 16.2. The lowest BCUT2D eigenvalue weighted by Gasteiger charge is -2.55. The molecule has 3 aliphatic heterocycles. The summed E-state index contributed by atoms with van der Waals surface area (Å²) in [7, 11) is 0. The van der Waals surface area contributed by atoms with Crippen molar-refractivity contribution >= 4 is 12.1 Å². The summed E-state index contributed by atoms with van der Waals surface area (Å²) in [5.74, 6) is 0. The lowest BCUT2D eigenvalue weighted by atomic mass is 9.94. The van der Waals surface area contributed by atoms with Gasteiger partial charge in [-0.1, -0.05) is 78.9 Å². The number of hydrazine groups is 2. The van der Waals surface area contributed by atoms with Crippen molar-refractivity contribution in [2.45, 2.75) is 32.1 Å². The average molecular weight is 386 g/mol. The predicted octanol–water partition coefficient (Wildman–Crippen LogP) is 3.95. The Bertz CT molecular complexity index is 1000. The molecule has 0 saturated carbocycles. The number of carbonyl (C=O) groups excluding carboxylic acids is 2. The molecule has 2 aromatic rings. The molecule has 1 fully saturated rings. The molecule has 6 nitrogen and oxygen atoms in total. The van der Waals surface area contributed by atoms with Crippen molar-refractivity contribution in [1.29, 1.82) is 0 Å². The number of rotatable bonds is 4. The van der Waals surface area contributed by atoms with Gasteiger partial charge < -0.3 is 0 Å². The summed E-state index contributed by atoms with van der Waals surface area (Å²) in [5.41, 5.74) is 3.04. The fourth-order valence-electron chi connectivity index (χ4n) is 4.19. The van der Waals surface area contributed by atoms with Gasteiger partial charge >= 0.3 is 12.1 Å². The molecule has 1 saturated heterocycles. The van der Waals surface area contributed by atoms with E-state index < -0.39 is 0 Å². The van der Waals surface area contributed by atoms with Crippen molar-refractivity contribution in [2.24, 2.45) is 0 Å². The van der Waals surface area contributed by atoms with E-state index in [1.807, 2.05) is 79.7 Å². The highest BCUT2D eigenvalue weighted by Crippen LogP contribution is 2.35. The predicted molar refractivity (Wildman–Crippen MR) is 109 cm³/mol. The van der Waals surface area contributed by atoms with Crippen LogP contribution < -0.4 is 0 Å². The standard InChI is InChI=1S/C23H22N4O2/c1-17-14-20-12-13-21(17)27-23(29)25(16-19-10-6-3-7-11-19)24(22(28)26(20)27)15-18-8-4-2-5-9-18/h2-14,20-21H,15-16H2,1H3.